The van der Waals surface area contributed by atoms with Gasteiger partial charge in [-0.25, -0.2) is 9.15 Å². The van der Waals surface area contributed by atoms with Crippen LogP contribution in [0.25, 0.3) is 0 Å². The van der Waals surface area contributed by atoms with Crippen molar-refractivity contribution in [1.29, 1.82) is 0 Å². The maximum Gasteiger partial charge on any atom is 0.164 e. The van der Waals surface area contributed by atoms with Crippen molar-refractivity contribution in [2.45, 2.75) is 20.3 Å². The van der Waals surface area contributed by atoms with Gasteiger partial charge in [0.2, 0.25) is 0 Å². The van der Waals surface area contributed by atoms with Gasteiger partial charge in [0.1, 0.15) is 19.3 Å². The molecule has 0 N–H and O–H groups in total. The molecule has 2 aliphatic rings. The van der Waals surface area contributed by atoms with Crippen LogP contribution in [0.4, 0.5) is 0 Å². The van der Waals surface area contributed by atoms with Crippen LogP contribution in [-0.2, 0) is 0 Å². The molecule has 0 aromatic rings. The first-order valence-electron chi connectivity index (χ1n) is 5.36. The normalized spacial score (nSPS) is 17.6. The first-order chi connectivity index (χ1) is 6.86. The van der Waals surface area contributed by atoms with Crippen molar-refractivity contribution in [3.63, 3.8) is 0 Å². The lowest BCUT2D eigenvalue weighted by Crippen LogP contribution is -2.06. The zero-order chi connectivity index (χ0) is 10.2. The minimum atomic E-state index is 1.11. The van der Waals surface area contributed by atoms with Crippen molar-refractivity contribution in [3.05, 3.63) is 24.4 Å². The van der Waals surface area contributed by atoms with Crippen LogP contribution in [0.1, 0.15) is 20.3 Å². The maximum absolute atomic E-state index is 2.25. The molecule has 0 unspecified atom stereocenters. The SMILES string of the molecule is CC[N+]1=CC=CC1.CC[N+]1=CCC=C1. The second-order valence-electron chi connectivity index (χ2n) is 3.30. The molecule has 0 bridgehead atoms. The Labute approximate surface area is 86.6 Å². The Morgan fingerprint density at radius 1 is 1.14 bits per heavy atom. The Balaban J connectivity index is 0.000000140. The molecule has 0 atom stereocenters. The molecule has 0 aliphatic carbocycles. The smallest absolute Gasteiger partial charge is 0.164 e. The van der Waals surface area contributed by atoms with Crippen LogP contribution >= 0.6 is 0 Å². The molecule has 0 spiro atoms. The van der Waals surface area contributed by atoms with Gasteiger partial charge in [-0.3, -0.25) is 0 Å². The highest BCUT2D eigenvalue weighted by Gasteiger charge is 1.98. The Kier molecular flexibility index (Phi) is 4.90. The van der Waals surface area contributed by atoms with Gasteiger partial charge >= 0.3 is 0 Å². The first kappa shape index (κ1) is 10.9. The zero-order valence-electron chi connectivity index (χ0n) is 9.19. The summed E-state index contributed by atoms with van der Waals surface area (Å²) in [5.74, 6) is 0. The number of likely N-dealkylation sites (N-methyl/N-ethyl adjacent to an activating group) is 1. The van der Waals surface area contributed by atoms with E-state index in [0.717, 1.165) is 26.1 Å². The van der Waals surface area contributed by atoms with Crippen LogP contribution in [0.5, 0.6) is 0 Å². The lowest BCUT2D eigenvalue weighted by atomic mass is 10.5. The van der Waals surface area contributed by atoms with E-state index in [0.29, 0.717) is 0 Å². The van der Waals surface area contributed by atoms with Crippen LogP contribution in [0, 0.1) is 0 Å². The van der Waals surface area contributed by atoms with E-state index in [9.17, 15) is 0 Å². The summed E-state index contributed by atoms with van der Waals surface area (Å²) in [5.41, 5.74) is 0. The van der Waals surface area contributed by atoms with Crippen LogP contribution in [0.2, 0.25) is 0 Å². The third-order valence-electron chi connectivity index (χ3n) is 2.32. The fourth-order valence-electron chi connectivity index (χ4n) is 1.36. The highest BCUT2D eigenvalue weighted by atomic mass is 15.0. The Bertz CT molecular complexity index is 283. The number of allylic oxidation sites excluding steroid dienone is 2. The van der Waals surface area contributed by atoms with Crippen molar-refractivity contribution in [3.8, 4) is 0 Å². The van der Waals surface area contributed by atoms with Crippen molar-refractivity contribution < 1.29 is 9.15 Å². The standard InChI is InChI=1S/2C6H10N/c2*1-2-7-5-3-4-6-7/h3,5-6H,2,4H2,1H3;3-5H,2,6H2,1H3/q2*+1. The predicted molar refractivity (Wildman–Crippen MR) is 61.5 cm³/mol. The molecule has 0 aromatic carbocycles. The van der Waals surface area contributed by atoms with Crippen LogP contribution < -0.4 is 0 Å². The second kappa shape index (κ2) is 6.30. The van der Waals surface area contributed by atoms with Gasteiger partial charge in [0.05, 0.1) is 0 Å². The Hall–Kier alpha value is -1.18. The average Bonchev–Trinajstić information content (AvgIpc) is 2.92. The van der Waals surface area contributed by atoms with E-state index in [1.165, 1.54) is 0 Å². The predicted octanol–water partition coefficient (Wildman–Crippen LogP) is 1.67. The molecule has 2 aliphatic heterocycles. The van der Waals surface area contributed by atoms with E-state index in [4.69, 9.17) is 0 Å². The van der Waals surface area contributed by atoms with Gasteiger partial charge in [0.25, 0.3) is 0 Å². The van der Waals surface area contributed by atoms with Gasteiger partial charge in [-0.05, 0) is 26.0 Å². The molecule has 0 radical (unpaired) electrons. The molecular formula is C12H20N2+2. The fourth-order valence-corrected chi connectivity index (χ4v) is 1.36. The van der Waals surface area contributed by atoms with Crippen molar-refractivity contribution in [2.75, 3.05) is 19.6 Å². The molecule has 0 amide bonds. The van der Waals surface area contributed by atoms with Crippen LogP contribution in [0.3, 0.4) is 0 Å². The lowest BCUT2D eigenvalue weighted by molar-refractivity contribution is -0.505. The number of nitrogens with zero attached hydrogens (tertiary/aromatic N) is 2. The summed E-state index contributed by atoms with van der Waals surface area (Å²) in [7, 11) is 0. The van der Waals surface area contributed by atoms with Crippen molar-refractivity contribution >= 4 is 12.4 Å². The zero-order valence-corrected chi connectivity index (χ0v) is 9.19. The number of hydrogen-bond donors (Lipinski definition) is 0. The topological polar surface area (TPSA) is 6.02 Å². The van der Waals surface area contributed by atoms with Gasteiger partial charge in [0.15, 0.2) is 19.0 Å². The molecule has 2 heteroatoms. The molecule has 2 nitrogen and oxygen atoms in total. The average molecular weight is 192 g/mol. The van der Waals surface area contributed by atoms with Crippen LogP contribution in [-0.4, -0.2) is 41.2 Å². The monoisotopic (exact) mass is 192 g/mol. The van der Waals surface area contributed by atoms with Crippen molar-refractivity contribution in [2.24, 2.45) is 0 Å². The van der Waals surface area contributed by atoms with Crippen molar-refractivity contribution in [1.82, 2.24) is 0 Å². The van der Waals surface area contributed by atoms with E-state index >= 15 is 0 Å². The molecule has 2 rings (SSSR count). The quantitative estimate of drug-likeness (QED) is 0.587. The van der Waals surface area contributed by atoms with Gasteiger partial charge in [-0.15, -0.1) is 0 Å². The molecular weight excluding hydrogens is 172 g/mol. The molecule has 0 aromatic heterocycles. The first-order valence-corrected chi connectivity index (χ1v) is 5.36. The summed E-state index contributed by atoms with van der Waals surface area (Å²) in [6.07, 6.45) is 13.9. The highest BCUT2D eigenvalue weighted by molar-refractivity contribution is 5.67. The molecule has 76 valence electrons. The summed E-state index contributed by atoms with van der Waals surface area (Å²) in [6, 6.07) is 0. The van der Waals surface area contributed by atoms with Gasteiger partial charge in [-0.1, -0.05) is 0 Å². The Morgan fingerprint density at radius 2 is 2.00 bits per heavy atom. The summed E-state index contributed by atoms with van der Waals surface area (Å²) in [6.45, 7) is 7.65. The third-order valence-corrected chi connectivity index (χ3v) is 2.32. The molecule has 0 saturated heterocycles. The highest BCUT2D eigenvalue weighted by Crippen LogP contribution is 1.89. The van der Waals surface area contributed by atoms with E-state index in [-0.39, 0.29) is 0 Å². The van der Waals surface area contributed by atoms with E-state index in [1.54, 1.807) is 0 Å². The molecule has 0 saturated carbocycles. The third kappa shape index (κ3) is 3.69. The minimum absolute atomic E-state index is 1.11. The van der Waals surface area contributed by atoms with E-state index in [1.807, 2.05) is 0 Å². The second-order valence-corrected chi connectivity index (χ2v) is 3.30. The lowest BCUT2D eigenvalue weighted by Gasteiger charge is -1.85. The summed E-state index contributed by atoms with van der Waals surface area (Å²) in [4.78, 5) is 0. The summed E-state index contributed by atoms with van der Waals surface area (Å²) in [5, 5.41) is 0. The van der Waals surface area contributed by atoms with E-state index in [2.05, 4.69) is 59.9 Å². The fraction of sp³-hybridized carbons (Fsp3) is 0.500. The molecule has 2 heterocycles. The number of rotatable bonds is 2. The minimum Gasteiger partial charge on any atom is -0.233 e. The van der Waals surface area contributed by atoms with Gasteiger partial charge in [-0.2, -0.15) is 0 Å². The van der Waals surface area contributed by atoms with Gasteiger partial charge in [0, 0.05) is 12.5 Å². The molecule has 0 fully saturated rings. The Morgan fingerprint density at radius 3 is 2.29 bits per heavy atom. The van der Waals surface area contributed by atoms with Gasteiger partial charge < -0.3 is 0 Å². The largest absolute Gasteiger partial charge is 0.233 e. The van der Waals surface area contributed by atoms with E-state index < -0.39 is 0 Å². The van der Waals surface area contributed by atoms with Crippen LogP contribution in [0.15, 0.2) is 24.4 Å². The summed E-state index contributed by atoms with van der Waals surface area (Å²) >= 11 is 0. The summed E-state index contributed by atoms with van der Waals surface area (Å²) < 4.78 is 4.43. The maximum atomic E-state index is 2.25. The molecule has 14 heavy (non-hydrogen) atoms. The number of hydrogen-bond acceptors (Lipinski definition) is 0.